The van der Waals surface area contributed by atoms with Crippen molar-refractivity contribution in [2.24, 2.45) is 5.92 Å². The highest BCUT2D eigenvalue weighted by molar-refractivity contribution is 5.77. The summed E-state index contributed by atoms with van der Waals surface area (Å²) in [5.41, 5.74) is 0.904. The molecule has 19 heavy (non-hydrogen) atoms. The topological polar surface area (TPSA) is 46.9 Å². The second kappa shape index (κ2) is 6.48. The standard InChI is InChI=1S/C15H21N3O/c1-3-8-16-9-12(2)11-18-14-7-5-4-6-13(14)15(19)10-17-18/h4-7,10,12,16H,3,8-9,11H2,1-2H3. The van der Waals surface area contributed by atoms with Crippen LogP contribution in [-0.2, 0) is 6.54 Å². The molecule has 0 aliphatic heterocycles. The van der Waals surface area contributed by atoms with Crippen LogP contribution in [0.3, 0.4) is 0 Å². The van der Waals surface area contributed by atoms with E-state index < -0.39 is 0 Å². The number of rotatable bonds is 6. The zero-order valence-electron chi connectivity index (χ0n) is 11.6. The van der Waals surface area contributed by atoms with Gasteiger partial charge in [0.25, 0.3) is 0 Å². The van der Waals surface area contributed by atoms with Gasteiger partial charge in [-0.1, -0.05) is 26.0 Å². The van der Waals surface area contributed by atoms with Crippen LogP contribution in [0, 0.1) is 5.92 Å². The lowest BCUT2D eigenvalue weighted by Gasteiger charge is -2.15. The highest BCUT2D eigenvalue weighted by atomic mass is 16.1. The molecule has 0 aliphatic rings. The van der Waals surface area contributed by atoms with Crippen molar-refractivity contribution in [1.82, 2.24) is 15.1 Å². The molecule has 1 heterocycles. The highest BCUT2D eigenvalue weighted by Gasteiger charge is 2.07. The van der Waals surface area contributed by atoms with Gasteiger partial charge in [-0.05, 0) is 37.6 Å². The van der Waals surface area contributed by atoms with Crippen molar-refractivity contribution < 1.29 is 0 Å². The molecule has 0 spiro atoms. The third kappa shape index (κ3) is 3.41. The molecular weight excluding hydrogens is 238 g/mol. The van der Waals surface area contributed by atoms with Crippen molar-refractivity contribution in [1.29, 1.82) is 0 Å². The predicted molar refractivity (Wildman–Crippen MR) is 78.3 cm³/mol. The molecule has 1 N–H and O–H groups in total. The maximum atomic E-state index is 11.7. The largest absolute Gasteiger partial charge is 0.316 e. The molecular formula is C15H21N3O. The number of para-hydroxylation sites is 1. The molecule has 0 saturated carbocycles. The fourth-order valence-corrected chi connectivity index (χ4v) is 2.19. The van der Waals surface area contributed by atoms with Crippen LogP contribution in [-0.4, -0.2) is 22.9 Å². The summed E-state index contributed by atoms with van der Waals surface area (Å²) in [6.07, 6.45) is 2.56. The van der Waals surface area contributed by atoms with E-state index in [-0.39, 0.29) is 5.43 Å². The molecule has 102 valence electrons. The molecule has 0 amide bonds. The van der Waals surface area contributed by atoms with E-state index in [0.717, 1.165) is 37.0 Å². The van der Waals surface area contributed by atoms with Crippen LogP contribution in [0.4, 0.5) is 0 Å². The normalized spacial score (nSPS) is 12.7. The lowest BCUT2D eigenvalue weighted by Crippen LogP contribution is -2.26. The van der Waals surface area contributed by atoms with Crippen LogP contribution in [0.5, 0.6) is 0 Å². The zero-order chi connectivity index (χ0) is 13.7. The van der Waals surface area contributed by atoms with Crippen LogP contribution in [0.25, 0.3) is 10.9 Å². The van der Waals surface area contributed by atoms with Crippen LogP contribution in [0.15, 0.2) is 35.3 Å². The van der Waals surface area contributed by atoms with Gasteiger partial charge in [-0.3, -0.25) is 9.48 Å². The third-order valence-corrected chi connectivity index (χ3v) is 3.17. The maximum absolute atomic E-state index is 11.7. The molecule has 1 aromatic carbocycles. The van der Waals surface area contributed by atoms with Gasteiger partial charge in [0.1, 0.15) is 0 Å². The van der Waals surface area contributed by atoms with Gasteiger partial charge in [-0.15, -0.1) is 0 Å². The number of aromatic nitrogens is 2. The van der Waals surface area contributed by atoms with E-state index in [4.69, 9.17) is 0 Å². The first-order valence-electron chi connectivity index (χ1n) is 6.88. The minimum absolute atomic E-state index is 0.0105. The number of nitrogens with zero attached hydrogens (tertiary/aromatic N) is 2. The smallest absolute Gasteiger partial charge is 0.207 e. The molecule has 1 atom stereocenters. The Morgan fingerprint density at radius 2 is 2.16 bits per heavy atom. The molecule has 0 fully saturated rings. The summed E-state index contributed by atoms with van der Waals surface area (Å²) in [6, 6.07) is 7.64. The van der Waals surface area contributed by atoms with Crippen molar-refractivity contribution in [3.05, 3.63) is 40.7 Å². The van der Waals surface area contributed by atoms with Gasteiger partial charge in [0.05, 0.1) is 11.7 Å². The van der Waals surface area contributed by atoms with Crippen LogP contribution in [0.2, 0.25) is 0 Å². The lowest BCUT2D eigenvalue weighted by molar-refractivity contribution is 0.427. The van der Waals surface area contributed by atoms with E-state index in [1.807, 2.05) is 28.9 Å². The summed E-state index contributed by atoms with van der Waals surface area (Å²) in [6.45, 7) is 7.18. The van der Waals surface area contributed by atoms with Gasteiger partial charge >= 0.3 is 0 Å². The average Bonchev–Trinajstić information content (AvgIpc) is 2.43. The first-order valence-corrected chi connectivity index (χ1v) is 6.88. The Labute approximate surface area is 113 Å². The lowest BCUT2D eigenvalue weighted by atomic mass is 10.1. The van der Waals surface area contributed by atoms with Crippen LogP contribution >= 0.6 is 0 Å². The first-order chi connectivity index (χ1) is 9.22. The fraction of sp³-hybridized carbons (Fsp3) is 0.467. The van der Waals surface area contributed by atoms with Gasteiger partial charge in [0.2, 0.25) is 5.43 Å². The van der Waals surface area contributed by atoms with Gasteiger partial charge in [0, 0.05) is 11.9 Å². The Morgan fingerprint density at radius 3 is 2.95 bits per heavy atom. The monoisotopic (exact) mass is 259 g/mol. The Kier molecular flexibility index (Phi) is 4.68. The summed E-state index contributed by atoms with van der Waals surface area (Å²) in [7, 11) is 0. The van der Waals surface area contributed by atoms with Gasteiger partial charge in [-0.2, -0.15) is 5.10 Å². The van der Waals surface area contributed by atoms with Gasteiger partial charge < -0.3 is 5.32 Å². The minimum atomic E-state index is -0.0105. The number of nitrogens with one attached hydrogen (secondary N) is 1. The summed E-state index contributed by atoms with van der Waals surface area (Å²) in [5, 5.41) is 8.40. The van der Waals surface area contributed by atoms with Gasteiger partial charge in [-0.25, -0.2) is 0 Å². The number of hydrogen-bond donors (Lipinski definition) is 1. The number of fused-ring (bicyclic) bond motifs is 1. The van der Waals surface area contributed by atoms with Crippen LogP contribution < -0.4 is 10.7 Å². The van der Waals surface area contributed by atoms with E-state index in [1.165, 1.54) is 6.20 Å². The second-order valence-corrected chi connectivity index (χ2v) is 5.02. The van der Waals surface area contributed by atoms with E-state index in [0.29, 0.717) is 5.92 Å². The Bertz CT molecular complexity index is 591. The molecule has 0 saturated heterocycles. The molecule has 1 unspecified atom stereocenters. The Hall–Kier alpha value is -1.68. The maximum Gasteiger partial charge on any atom is 0.207 e. The molecule has 2 rings (SSSR count). The van der Waals surface area contributed by atoms with Crippen molar-refractivity contribution in [2.45, 2.75) is 26.8 Å². The molecule has 4 heteroatoms. The summed E-state index contributed by atoms with van der Waals surface area (Å²) >= 11 is 0. The van der Waals surface area contributed by atoms with Crippen molar-refractivity contribution in [2.75, 3.05) is 13.1 Å². The Balaban J connectivity index is 2.17. The van der Waals surface area contributed by atoms with E-state index >= 15 is 0 Å². The molecule has 1 aromatic heterocycles. The van der Waals surface area contributed by atoms with E-state index in [1.54, 1.807) is 0 Å². The molecule has 0 bridgehead atoms. The van der Waals surface area contributed by atoms with Crippen LogP contribution in [0.1, 0.15) is 20.3 Å². The van der Waals surface area contributed by atoms with Crippen molar-refractivity contribution >= 4 is 10.9 Å². The number of hydrogen-bond acceptors (Lipinski definition) is 3. The quantitative estimate of drug-likeness (QED) is 0.807. The Morgan fingerprint density at radius 1 is 1.37 bits per heavy atom. The highest BCUT2D eigenvalue weighted by Crippen LogP contribution is 2.09. The summed E-state index contributed by atoms with van der Waals surface area (Å²) in [5.74, 6) is 0.477. The molecule has 0 aliphatic carbocycles. The molecule has 0 radical (unpaired) electrons. The van der Waals surface area contributed by atoms with Crippen molar-refractivity contribution in [3.63, 3.8) is 0 Å². The molecule has 2 aromatic rings. The summed E-state index contributed by atoms with van der Waals surface area (Å²) in [4.78, 5) is 11.7. The zero-order valence-corrected chi connectivity index (χ0v) is 11.6. The third-order valence-electron chi connectivity index (χ3n) is 3.17. The fourth-order valence-electron chi connectivity index (χ4n) is 2.19. The summed E-state index contributed by atoms with van der Waals surface area (Å²) < 4.78 is 1.93. The first kappa shape index (κ1) is 13.7. The number of benzene rings is 1. The average molecular weight is 259 g/mol. The van der Waals surface area contributed by atoms with Crippen molar-refractivity contribution in [3.8, 4) is 0 Å². The SMILES string of the molecule is CCCNCC(C)Cn1ncc(=O)c2ccccc21. The van der Waals surface area contributed by atoms with E-state index in [9.17, 15) is 4.79 Å². The predicted octanol–water partition coefficient (Wildman–Crippen LogP) is 2.03. The second-order valence-electron chi connectivity index (χ2n) is 5.02. The van der Waals surface area contributed by atoms with Gasteiger partial charge in [0.15, 0.2) is 0 Å². The minimum Gasteiger partial charge on any atom is -0.316 e. The molecule has 4 nitrogen and oxygen atoms in total. The van der Waals surface area contributed by atoms with E-state index in [2.05, 4.69) is 24.3 Å².